The first-order valence-corrected chi connectivity index (χ1v) is 6.36. The van der Waals surface area contributed by atoms with Crippen LogP contribution >= 0.6 is 0 Å². The summed E-state index contributed by atoms with van der Waals surface area (Å²) in [6, 6.07) is 4.30. The van der Waals surface area contributed by atoms with E-state index in [1.165, 1.54) is 5.56 Å². The average molecular weight is 236 g/mol. The largest absolute Gasteiger partial charge is 0.379 e. The van der Waals surface area contributed by atoms with E-state index in [-0.39, 0.29) is 12.1 Å². The number of pyridine rings is 1. The zero-order valence-corrected chi connectivity index (χ0v) is 11.3. The quantitative estimate of drug-likeness (QED) is 0.790. The number of hydrogen-bond donors (Lipinski definition) is 1. The molecule has 0 saturated carbocycles. The lowest BCUT2D eigenvalue weighted by atomic mass is 9.94. The van der Waals surface area contributed by atoms with Crippen LogP contribution in [0.2, 0.25) is 0 Å². The molecule has 1 aromatic rings. The molecule has 0 aliphatic heterocycles. The van der Waals surface area contributed by atoms with Gasteiger partial charge in [-0.2, -0.15) is 0 Å². The molecule has 0 spiro atoms. The summed E-state index contributed by atoms with van der Waals surface area (Å²) in [7, 11) is 1.78. The Kier molecular flexibility index (Phi) is 6.16. The maximum absolute atomic E-state index is 5.64. The van der Waals surface area contributed by atoms with Gasteiger partial charge in [0, 0.05) is 19.5 Å². The van der Waals surface area contributed by atoms with Gasteiger partial charge in [0.2, 0.25) is 0 Å². The Morgan fingerprint density at radius 1 is 1.41 bits per heavy atom. The number of aromatic nitrogens is 1. The Morgan fingerprint density at radius 3 is 2.65 bits per heavy atom. The van der Waals surface area contributed by atoms with Gasteiger partial charge >= 0.3 is 0 Å². The molecule has 3 nitrogen and oxygen atoms in total. The summed E-state index contributed by atoms with van der Waals surface area (Å²) < 4.78 is 5.64. The van der Waals surface area contributed by atoms with Crippen LogP contribution in [-0.2, 0) is 4.74 Å². The van der Waals surface area contributed by atoms with Gasteiger partial charge in [0.05, 0.1) is 12.1 Å². The van der Waals surface area contributed by atoms with Gasteiger partial charge in [-0.25, -0.2) is 0 Å². The van der Waals surface area contributed by atoms with Crippen molar-refractivity contribution in [1.29, 1.82) is 0 Å². The molecule has 1 N–H and O–H groups in total. The highest BCUT2D eigenvalue weighted by Gasteiger charge is 2.25. The third-order valence-corrected chi connectivity index (χ3v) is 2.92. The van der Waals surface area contributed by atoms with Crippen molar-refractivity contribution in [2.45, 2.75) is 39.3 Å². The second kappa shape index (κ2) is 7.41. The van der Waals surface area contributed by atoms with Gasteiger partial charge in [0.25, 0.3) is 0 Å². The third kappa shape index (κ3) is 4.10. The highest BCUT2D eigenvalue weighted by Crippen LogP contribution is 2.23. The lowest BCUT2D eigenvalue weighted by Gasteiger charge is -2.30. The molecule has 2 unspecified atom stereocenters. The summed E-state index contributed by atoms with van der Waals surface area (Å²) in [5.74, 6) is 0.467. The van der Waals surface area contributed by atoms with Gasteiger partial charge in [-0.3, -0.25) is 4.98 Å². The first-order valence-electron chi connectivity index (χ1n) is 6.36. The van der Waals surface area contributed by atoms with E-state index in [2.05, 4.69) is 37.1 Å². The molecule has 0 saturated heterocycles. The average Bonchev–Trinajstić information content (AvgIpc) is 2.35. The van der Waals surface area contributed by atoms with E-state index in [1.807, 2.05) is 12.3 Å². The van der Waals surface area contributed by atoms with E-state index in [1.54, 1.807) is 13.3 Å². The molecule has 0 fully saturated rings. The zero-order chi connectivity index (χ0) is 12.7. The van der Waals surface area contributed by atoms with Crippen LogP contribution in [0.4, 0.5) is 0 Å². The smallest absolute Gasteiger partial charge is 0.0789 e. The summed E-state index contributed by atoms with van der Waals surface area (Å²) in [4.78, 5) is 4.19. The maximum Gasteiger partial charge on any atom is 0.0789 e. The maximum atomic E-state index is 5.64. The second-order valence-electron chi connectivity index (χ2n) is 4.66. The molecule has 1 aromatic heterocycles. The van der Waals surface area contributed by atoms with Crippen molar-refractivity contribution < 1.29 is 4.74 Å². The lowest BCUT2D eigenvalue weighted by Crippen LogP contribution is -2.37. The Hall–Kier alpha value is -0.930. The van der Waals surface area contributed by atoms with E-state index >= 15 is 0 Å². The van der Waals surface area contributed by atoms with Crippen LogP contribution < -0.4 is 5.32 Å². The first-order chi connectivity index (χ1) is 8.20. The van der Waals surface area contributed by atoms with Crippen molar-refractivity contribution in [2.24, 2.45) is 5.92 Å². The van der Waals surface area contributed by atoms with Crippen LogP contribution in [0.15, 0.2) is 24.5 Å². The first kappa shape index (κ1) is 14.1. The molecule has 96 valence electrons. The predicted octanol–water partition coefficient (Wildman–Crippen LogP) is 2.79. The number of nitrogens with one attached hydrogen (secondary N) is 1. The van der Waals surface area contributed by atoms with Crippen LogP contribution in [0.5, 0.6) is 0 Å². The van der Waals surface area contributed by atoms with E-state index in [0.717, 1.165) is 13.0 Å². The monoisotopic (exact) mass is 236 g/mol. The van der Waals surface area contributed by atoms with Crippen LogP contribution in [0.25, 0.3) is 0 Å². The molecule has 1 rings (SSSR count). The molecule has 0 radical (unpaired) electrons. The van der Waals surface area contributed by atoms with Crippen molar-refractivity contribution in [3.8, 4) is 0 Å². The topological polar surface area (TPSA) is 34.2 Å². The summed E-state index contributed by atoms with van der Waals surface area (Å²) in [6.45, 7) is 7.53. The van der Waals surface area contributed by atoms with E-state index < -0.39 is 0 Å². The summed E-state index contributed by atoms with van der Waals surface area (Å²) in [6.07, 6.45) is 5.01. The number of ether oxygens (including phenoxy) is 1. The minimum absolute atomic E-state index is 0.172. The molecular formula is C14H24N2O. The fourth-order valence-corrected chi connectivity index (χ4v) is 2.08. The Labute approximate surface area is 105 Å². The van der Waals surface area contributed by atoms with Crippen molar-refractivity contribution in [3.63, 3.8) is 0 Å². The van der Waals surface area contributed by atoms with Gasteiger partial charge in [0.15, 0.2) is 0 Å². The Morgan fingerprint density at radius 2 is 2.18 bits per heavy atom. The molecule has 2 atom stereocenters. The van der Waals surface area contributed by atoms with Gasteiger partial charge in [-0.1, -0.05) is 26.8 Å². The SMILES string of the molecule is CCCNC(c1cccnc1)C(OC)C(C)C. The van der Waals surface area contributed by atoms with Gasteiger partial charge in [-0.15, -0.1) is 0 Å². The number of methoxy groups -OCH3 is 1. The molecule has 0 aromatic carbocycles. The molecule has 0 amide bonds. The van der Waals surface area contributed by atoms with Crippen molar-refractivity contribution in [2.75, 3.05) is 13.7 Å². The van der Waals surface area contributed by atoms with Crippen molar-refractivity contribution >= 4 is 0 Å². The highest BCUT2D eigenvalue weighted by atomic mass is 16.5. The second-order valence-corrected chi connectivity index (χ2v) is 4.66. The Balaban J connectivity index is 2.86. The molecule has 17 heavy (non-hydrogen) atoms. The fourth-order valence-electron chi connectivity index (χ4n) is 2.08. The normalized spacial score (nSPS) is 14.9. The molecule has 0 aliphatic rings. The molecule has 1 heterocycles. The zero-order valence-electron chi connectivity index (χ0n) is 11.3. The lowest BCUT2D eigenvalue weighted by molar-refractivity contribution is 0.0326. The van der Waals surface area contributed by atoms with E-state index in [4.69, 9.17) is 4.74 Å². The van der Waals surface area contributed by atoms with E-state index in [0.29, 0.717) is 5.92 Å². The fraction of sp³-hybridized carbons (Fsp3) is 0.643. The number of rotatable bonds is 7. The molecule has 3 heteroatoms. The molecule has 0 aliphatic carbocycles. The molecular weight excluding hydrogens is 212 g/mol. The van der Waals surface area contributed by atoms with Crippen molar-refractivity contribution in [3.05, 3.63) is 30.1 Å². The predicted molar refractivity (Wildman–Crippen MR) is 70.9 cm³/mol. The minimum Gasteiger partial charge on any atom is -0.379 e. The van der Waals surface area contributed by atoms with Crippen LogP contribution in [0.1, 0.15) is 38.8 Å². The summed E-state index contributed by atoms with van der Waals surface area (Å²) in [5.41, 5.74) is 1.20. The van der Waals surface area contributed by atoms with Gasteiger partial charge in [-0.05, 0) is 30.5 Å². The Bertz CT molecular complexity index is 300. The van der Waals surface area contributed by atoms with Crippen LogP contribution in [-0.4, -0.2) is 24.7 Å². The van der Waals surface area contributed by atoms with Crippen LogP contribution in [0.3, 0.4) is 0 Å². The summed E-state index contributed by atoms with van der Waals surface area (Å²) in [5, 5.41) is 3.55. The highest BCUT2D eigenvalue weighted by molar-refractivity contribution is 5.15. The van der Waals surface area contributed by atoms with Crippen molar-refractivity contribution in [1.82, 2.24) is 10.3 Å². The minimum atomic E-state index is 0.172. The van der Waals surface area contributed by atoms with Gasteiger partial charge < -0.3 is 10.1 Å². The van der Waals surface area contributed by atoms with Gasteiger partial charge in [0.1, 0.15) is 0 Å². The third-order valence-electron chi connectivity index (χ3n) is 2.92. The molecule has 0 bridgehead atoms. The number of hydrogen-bond acceptors (Lipinski definition) is 3. The number of nitrogens with zero attached hydrogens (tertiary/aromatic N) is 1. The summed E-state index contributed by atoms with van der Waals surface area (Å²) >= 11 is 0. The standard InChI is InChI=1S/C14H24N2O/c1-5-8-16-13(14(17-4)11(2)3)12-7-6-9-15-10-12/h6-7,9-11,13-14,16H,5,8H2,1-4H3. The van der Waals surface area contributed by atoms with Crippen LogP contribution in [0, 0.1) is 5.92 Å². The van der Waals surface area contributed by atoms with E-state index in [9.17, 15) is 0 Å².